The second-order valence-corrected chi connectivity index (χ2v) is 7.01. The second kappa shape index (κ2) is 6.48. The van der Waals surface area contributed by atoms with Gasteiger partial charge in [0.25, 0.3) is 10.0 Å². The molecule has 1 unspecified atom stereocenters. The van der Waals surface area contributed by atoms with Crippen LogP contribution in [0.1, 0.15) is 6.42 Å². The number of rotatable bonds is 7. The summed E-state index contributed by atoms with van der Waals surface area (Å²) in [6.07, 6.45) is 0.0458. The Kier molecular flexibility index (Phi) is 5.54. The molecule has 9 heteroatoms. The van der Waals surface area contributed by atoms with Gasteiger partial charge in [-0.2, -0.15) is 4.72 Å². The maximum Gasteiger partial charge on any atom is 0.321 e. The Labute approximate surface area is 114 Å². The number of hydrogen-bond donors (Lipinski definition) is 2. The summed E-state index contributed by atoms with van der Waals surface area (Å²) in [5.74, 6) is -1.25. The summed E-state index contributed by atoms with van der Waals surface area (Å²) in [7, 11) is -2.46. The van der Waals surface area contributed by atoms with Crippen molar-refractivity contribution in [1.82, 2.24) is 4.72 Å². The molecule has 0 saturated heterocycles. The molecule has 0 fully saturated rings. The Hall–Kier alpha value is -0.670. The molecule has 1 aromatic heterocycles. The number of thiophene rings is 1. The average molecular weight is 314 g/mol. The van der Waals surface area contributed by atoms with E-state index in [0.717, 1.165) is 11.3 Å². The van der Waals surface area contributed by atoms with E-state index in [0.29, 0.717) is 4.34 Å². The number of carboxylic acids is 1. The molecule has 2 N–H and O–H groups in total. The van der Waals surface area contributed by atoms with E-state index in [4.69, 9.17) is 21.4 Å². The number of carboxylic acid groups (broad SMARTS) is 1. The lowest BCUT2D eigenvalue weighted by molar-refractivity contribution is -0.139. The molecule has 18 heavy (non-hydrogen) atoms. The average Bonchev–Trinajstić information content (AvgIpc) is 2.71. The van der Waals surface area contributed by atoms with Gasteiger partial charge in [-0.05, 0) is 18.6 Å². The SMILES string of the molecule is COCCC(NS(=O)(=O)c1ccc(Cl)s1)C(=O)O. The zero-order valence-electron chi connectivity index (χ0n) is 9.42. The van der Waals surface area contributed by atoms with Gasteiger partial charge in [-0.1, -0.05) is 11.6 Å². The fraction of sp³-hybridized carbons (Fsp3) is 0.444. The Bertz CT molecular complexity index is 513. The van der Waals surface area contributed by atoms with Gasteiger partial charge < -0.3 is 9.84 Å². The molecule has 0 aromatic carbocycles. The molecular formula is C9H12ClNO5S2. The van der Waals surface area contributed by atoms with Gasteiger partial charge in [0.2, 0.25) is 0 Å². The summed E-state index contributed by atoms with van der Waals surface area (Å²) in [5.41, 5.74) is 0. The van der Waals surface area contributed by atoms with E-state index in [1.165, 1.54) is 19.2 Å². The molecule has 0 amide bonds. The number of hydrogen-bond acceptors (Lipinski definition) is 5. The third-order valence-electron chi connectivity index (χ3n) is 2.02. The largest absolute Gasteiger partial charge is 0.480 e. The summed E-state index contributed by atoms with van der Waals surface area (Å²) in [6.45, 7) is 0.144. The van der Waals surface area contributed by atoms with E-state index in [-0.39, 0.29) is 17.2 Å². The Morgan fingerprint density at radius 2 is 2.28 bits per heavy atom. The highest BCUT2D eigenvalue weighted by Crippen LogP contribution is 2.25. The second-order valence-electron chi connectivity index (χ2n) is 3.35. The van der Waals surface area contributed by atoms with Gasteiger partial charge in [0.15, 0.2) is 0 Å². The monoisotopic (exact) mass is 313 g/mol. The van der Waals surface area contributed by atoms with Crippen LogP contribution in [-0.2, 0) is 19.6 Å². The molecule has 0 aliphatic rings. The van der Waals surface area contributed by atoms with Gasteiger partial charge in [-0.15, -0.1) is 11.3 Å². The summed E-state index contributed by atoms with van der Waals surface area (Å²) >= 11 is 6.50. The molecule has 1 aromatic rings. The van der Waals surface area contributed by atoms with Crippen molar-refractivity contribution in [2.75, 3.05) is 13.7 Å². The quantitative estimate of drug-likeness (QED) is 0.788. The Morgan fingerprint density at radius 1 is 1.61 bits per heavy atom. The van der Waals surface area contributed by atoms with Crippen LogP contribution >= 0.6 is 22.9 Å². The summed E-state index contributed by atoms with van der Waals surface area (Å²) in [6, 6.07) is 1.53. The molecule has 1 atom stereocenters. The van der Waals surface area contributed by atoms with Gasteiger partial charge >= 0.3 is 5.97 Å². The van der Waals surface area contributed by atoms with Crippen LogP contribution in [0, 0.1) is 0 Å². The third kappa shape index (κ3) is 4.21. The van der Waals surface area contributed by atoms with Crippen LogP contribution in [0.5, 0.6) is 0 Å². The Balaban J connectivity index is 2.82. The number of carbonyl (C=O) groups is 1. The fourth-order valence-corrected chi connectivity index (χ4v) is 3.88. The molecule has 1 heterocycles. The number of sulfonamides is 1. The minimum absolute atomic E-state index is 0.0174. The number of aliphatic carboxylic acids is 1. The first kappa shape index (κ1) is 15.4. The summed E-state index contributed by atoms with van der Waals surface area (Å²) in [5, 5.41) is 8.91. The van der Waals surface area contributed by atoms with Crippen molar-refractivity contribution in [3.8, 4) is 0 Å². The fourth-order valence-electron chi connectivity index (χ4n) is 1.16. The van der Waals surface area contributed by atoms with Gasteiger partial charge in [0.1, 0.15) is 10.3 Å². The first-order chi connectivity index (χ1) is 8.36. The standard InChI is InChI=1S/C9H12ClNO5S2/c1-16-5-4-6(9(12)13)11-18(14,15)8-3-2-7(10)17-8/h2-3,6,11H,4-5H2,1H3,(H,12,13). The third-order valence-corrected chi connectivity index (χ3v) is 5.21. The smallest absolute Gasteiger partial charge is 0.321 e. The number of halogens is 1. The van der Waals surface area contributed by atoms with Crippen LogP contribution < -0.4 is 4.72 Å². The summed E-state index contributed by atoms with van der Waals surface area (Å²) < 4.78 is 30.9. The first-order valence-electron chi connectivity index (χ1n) is 4.86. The lowest BCUT2D eigenvalue weighted by Crippen LogP contribution is -2.41. The molecule has 6 nitrogen and oxygen atoms in total. The van der Waals surface area contributed by atoms with Gasteiger partial charge in [0.05, 0.1) is 4.34 Å². The molecular weight excluding hydrogens is 302 g/mol. The van der Waals surface area contributed by atoms with E-state index in [2.05, 4.69) is 4.72 Å². The van der Waals surface area contributed by atoms with Crippen molar-refractivity contribution in [3.63, 3.8) is 0 Å². The summed E-state index contributed by atoms with van der Waals surface area (Å²) in [4.78, 5) is 10.9. The Morgan fingerprint density at radius 3 is 2.72 bits per heavy atom. The number of ether oxygens (including phenoxy) is 1. The van der Waals surface area contributed by atoms with Crippen LogP contribution in [0.15, 0.2) is 16.3 Å². The maximum absolute atomic E-state index is 11.9. The highest BCUT2D eigenvalue weighted by Gasteiger charge is 2.26. The van der Waals surface area contributed by atoms with Crippen LogP contribution in [0.2, 0.25) is 4.34 Å². The molecule has 1 rings (SSSR count). The van der Waals surface area contributed by atoms with E-state index < -0.39 is 22.0 Å². The molecule has 0 saturated carbocycles. The molecule has 0 aliphatic heterocycles. The minimum atomic E-state index is -3.87. The van der Waals surface area contributed by atoms with Gasteiger partial charge in [-0.3, -0.25) is 4.79 Å². The zero-order chi connectivity index (χ0) is 13.8. The van der Waals surface area contributed by atoms with E-state index in [9.17, 15) is 13.2 Å². The van der Waals surface area contributed by atoms with Crippen molar-refractivity contribution < 1.29 is 23.1 Å². The van der Waals surface area contributed by atoms with Crippen LogP contribution in [0.3, 0.4) is 0 Å². The molecule has 0 bridgehead atoms. The molecule has 0 aliphatic carbocycles. The van der Waals surface area contributed by atoms with E-state index in [1.54, 1.807) is 0 Å². The van der Waals surface area contributed by atoms with Crippen molar-refractivity contribution in [2.45, 2.75) is 16.7 Å². The van der Waals surface area contributed by atoms with Gasteiger partial charge in [-0.25, -0.2) is 8.42 Å². The topological polar surface area (TPSA) is 92.7 Å². The van der Waals surface area contributed by atoms with E-state index >= 15 is 0 Å². The van der Waals surface area contributed by atoms with Crippen molar-refractivity contribution in [1.29, 1.82) is 0 Å². The van der Waals surface area contributed by atoms with Gasteiger partial charge in [0, 0.05) is 13.7 Å². The highest BCUT2D eigenvalue weighted by molar-refractivity contribution is 7.91. The predicted molar refractivity (Wildman–Crippen MR) is 67.6 cm³/mol. The highest BCUT2D eigenvalue weighted by atomic mass is 35.5. The molecule has 0 radical (unpaired) electrons. The first-order valence-corrected chi connectivity index (χ1v) is 7.54. The van der Waals surface area contributed by atoms with Crippen LogP contribution in [0.4, 0.5) is 0 Å². The predicted octanol–water partition coefficient (Wildman–Crippen LogP) is 1.17. The van der Waals surface area contributed by atoms with Crippen LogP contribution in [-0.4, -0.2) is 39.3 Å². The number of nitrogens with one attached hydrogen (secondary N) is 1. The van der Waals surface area contributed by atoms with Crippen molar-refractivity contribution >= 4 is 38.9 Å². The molecule has 0 spiro atoms. The maximum atomic E-state index is 11.9. The van der Waals surface area contributed by atoms with Crippen molar-refractivity contribution in [2.24, 2.45) is 0 Å². The zero-order valence-corrected chi connectivity index (χ0v) is 11.8. The lowest BCUT2D eigenvalue weighted by atomic mass is 10.2. The minimum Gasteiger partial charge on any atom is -0.480 e. The lowest BCUT2D eigenvalue weighted by Gasteiger charge is -2.13. The number of methoxy groups -OCH3 is 1. The normalized spacial score (nSPS) is 13.4. The molecule has 102 valence electrons. The van der Waals surface area contributed by atoms with Crippen LogP contribution in [0.25, 0.3) is 0 Å². The van der Waals surface area contributed by atoms with Crippen molar-refractivity contribution in [3.05, 3.63) is 16.5 Å². The van der Waals surface area contributed by atoms with E-state index in [1.807, 2.05) is 0 Å².